The van der Waals surface area contributed by atoms with Crippen molar-refractivity contribution in [2.45, 2.75) is 35.1 Å². The summed E-state index contributed by atoms with van der Waals surface area (Å²) in [5.41, 5.74) is 0. The van der Waals surface area contributed by atoms with Crippen molar-refractivity contribution in [3.05, 3.63) is 19.6 Å². The van der Waals surface area contributed by atoms with Crippen LogP contribution in [0.15, 0.2) is 12.7 Å². The Kier molecular flexibility index (Phi) is 4.33. The number of nitrogens with zero attached hydrogens (tertiary/aromatic N) is 1. The molecule has 1 aliphatic heterocycles. The second-order valence-corrected chi connectivity index (χ2v) is 5.88. The van der Waals surface area contributed by atoms with E-state index in [2.05, 4.69) is 13.5 Å². The average Bonchev–Trinajstić information content (AvgIpc) is 2.15. The summed E-state index contributed by atoms with van der Waals surface area (Å²) in [6, 6.07) is -0.228. The van der Waals surface area contributed by atoms with E-state index in [1.807, 2.05) is 0 Å². The Balaban J connectivity index is 2.87. The smallest absolute Gasteiger partial charge is 0.275 e. The maximum atomic E-state index is 11.8. The topological polar surface area (TPSA) is 20.3 Å². The van der Waals surface area contributed by atoms with E-state index in [0.29, 0.717) is 0 Å². The van der Waals surface area contributed by atoms with Crippen LogP contribution in [0.4, 0.5) is 0 Å². The summed E-state index contributed by atoms with van der Waals surface area (Å²) in [6.45, 7) is 7.58. The number of hydrogen-bond donors (Lipinski definition) is 0. The molecule has 15 heavy (non-hydrogen) atoms. The summed E-state index contributed by atoms with van der Waals surface area (Å²) in [5, 5.41) is 0. The Hall–Kier alpha value is 0.0800. The molecule has 85 valence electrons. The number of carbonyl (C=O) groups excluding carboxylic acids is 1. The zero-order valence-corrected chi connectivity index (χ0v) is 10.5. The summed E-state index contributed by atoms with van der Waals surface area (Å²) in [7, 11) is 0. The standard InChI is InChI=1S/C10H13Cl3NO/c1-3-8-6-4-5-7(2)14(8)9(15)10(11,12)13/h3,7-8H,1-2,4-6H2. The van der Waals surface area contributed by atoms with Crippen LogP contribution in [0.5, 0.6) is 0 Å². The molecule has 0 N–H and O–H groups in total. The minimum atomic E-state index is -1.91. The van der Waals surface area contributed by atoms with Gasteiger partial charge in [0.1, 0.15) is 0 Å². The van der Waals surface area contributed by atoms with Crippen LogP contribution in [0.2, 0.25) is 0 Å². The van der Waals surface area contributed by atoms with E-state index < -0.39 is 9.70 Å². The van der Waals surface area contributed by atoms with E-state index in [-0.39, 0.29) is 12.1 Å². The maximum Gasteiger partial charge on any atom is 0.275 e. The van der Waals surface area contributed by atoms with Gasteiger partial charge in [-0.2, -0.15) is 0 Å². The van der Waals surface area contributed by atoms with Crippen molar-refractivity contribution in [1.82, 2.24) is 4.90 Å². The minimum Gasteiger partial charge on any atom is -0.330 e. The third kappa shape index (κ3) is 3.02. The summed E-state index contributed by atoms with van der Waals surface area (Å²) >= 11 is 16.7. The second-order valence-electron chi connectivity index (χ2n) is 3.60. The highest BCUT2D eigenvalue weighted by Gasteiger charge is 2.40. The van der Waals surface area contributed by atoms with Gasteiger partial charge in [0.25, 0.3) is 9.70 Å². The summed E-state index contributed by atoms with van der Waals surface area (Å²) < 4.78 is -1.91. The number of rotatable bonds is 1. The van der Waals surface area contributed by atoms with Gasteiger partial charge in [0.15, 0.2) is 0 Å². The third-order valence-corrected chi connectivity index (χ3v) is 3.02. The molecule has 2 atom stereocenters. The fourth-order valence-corrected chi connectivity index (χ4v) is 2.10. The molecular formula is C10H13Cl3NO. The van der Waals surface area contributed by atoms with Gasteiger partial charge in [-0.1, -0.05) is 40.9 Å². The Morgan fingerprint density at radius 2 is 2.00 bits per heavy atom. The Bertz CT molecular complexity index is 262. The molecule has 1 aliphatic rings. The van der Waals surface area contributed by atoms with Gasteiger partial charge in [-0.05, 0) is 26.2 Å². The van der Waals surface area contributed by atoms with Crippen molar-refractivity contribution in [3.63, 3.8) is 0 Å². The zero-order valence-electron chi connectivity index (χ0n) is 8.26. The van der Waals surface area contributed by atoms with Crippen LogP contribution in [0.1, 0.15) is 19.3 Å². The highest BCUT2D eigenvalue weighted by atomic mass is 35.6. The zero-order chi connectivity index (χ0) is 11.6. The Morgan fingerprint density at radius 3 is 2.47 bits per heavy atom. The Morgan fingerprint density at radius 1 is 1.40 bits per heavy atom. The number of halogens is 3. The van der Waals surface area contributed by atoms with E-state index in [1.165, 1.54) is 4.90 Å². The van der Waals surface area contributed by atoms with Crippen molar-refractivity contribution in [3.8, 4) is 0 Å². The number of carbonyl (C=O) groups is 1. The molecule has 0 aromatic heterocycles. The van der Waals surface area contributed by atoms with Crippen LogP contribution in [0.25, 0.3) is 0 Å². The lowest BCUT2D eigenvalue weighted by molar-refractivity contribution is -0.134. The maximum absolute atomic E-state index is 11.8. The molecule has 0 spiro atoms. The predicted octanol–water partition coefficient (Wildman–Crippen LogP) is 3.13. The van der Waals surface area contributed by atoms with Gasteiger partial charge in [-0.3, -0.25) is 4.79 Å². The number of amides is 1. The van der Waals surface area contributed by atoms with Crippen molar-refractivity contribution >= 4 is 40.7 Å². The predicted molar refractivity (Wildman–Crippen MR) is 64.1 cm³/mol. The quantitative estimate of drug-likeness (QED) is 0.529. The first-order chi connectivity index (χ1) is 6.88. The largest absolute Gasteiger partial charge is 0.330 e. The molecular weight excluding hydrogens is 256 g/mol. The van der Waals surface area contributed by atoms with Gasteiger partial charge in [-0.15, -0.1) is 6.58 Å². The number of piperidine rings is 1. The summed E-state index contributed by atoms with van der Waals surface area (Å²) in [4.78, 5) is 13.4. The molecule has 0 aromatic rings. The normalized spacial score (nSPS) is 27.6. The first-order valence-corrected chi connectivity index (χ1v) is 5.86. The minimum absolute atomic E-state index is 0.0793. The van der Waals surface area contributed by atoms with Gasteiger partial charge in [-0.25, -0.2) is 0 Å². The van der Waals surface area contributed by atoms with Gasteiger partial charge in [0.05, 0.1) is 6.04 Å². The van der Waals surface area contributed by atoms with Crippen molar-refractivity contribution in [2.75, 3.05) is 0 Å². The summed E-state index contributed by atoms with van der Waals surface area (Å²) in [5.74, 6) is -0.517. The number of alkyl halides is 3. The van der Waals surface area contributed by atoms with Crippen LogP contribution in [0, 0.1) is 6.92 Å². The molecule has 1 fully saturated rings. The van der Waals surface area contributed by atoms with Crippen molar-refractivity contribution in [1.29, 1.82) is 0 Å². The molecule has 0 saturated carbocycles. The SMILES string of the molecule is [CH2]C1CCCC(C=C)N1C(=O)C(Cl)(Cl)Cl. The van der Waals surface area contributed by atoms with E-state index in [9.17, 15) is 4.79 Å². The van der Waals surface area contributed by atoms with Gasteiger partial charge in [0, 0.05) is 6.04 Å². The molecule has 1 heterocycles. The fourth-order valence-electron chi connectivity index (χ4n) is 1.81. The molecule has 0 aliphatic carbocycles. The van der Waals surface area contributed by atoms with E-state index in [1.54, 1.807) is 6.08 Å². The van der Waals surface area contributed by atoms with E-state index in [0.717, 1.165) is 19.3 Å². The molecule has 1 amide bonds. The molecule has 5 heteroatoms. The van der Waals surface area contributed by atoms with Crippen LogP contribution in [-0.2, 0) is 4.79 Å². The Labute approximate surface area is 105 Å². The number of hydrogen-bond acceptors (Lipinski definition) is 1. The molecule has 2 nitrogen and oxygen atoms in total. The van der Waals surface area contributed by atoms with Gasteiger partial charge >= 0.3 is 0 Å². The van der Waals surface area contributed by atoms with Crippen LogP contribution < -0.4 is 0 Å². The average molecular weight is 270 g/mol. The van der Waals surface area contributed by atoms with E-state index in [4.69, 9.17) is 34.8 Å². The fraction of sp³-hybridized carbons (Fsp3) is 0.600. The lowest BCUT2D eigenvalue weighted by Crippen LogP contribution is -2.52. The summed E-state index contributed by atoms with van der Waals surface area (Å²) in [6.07, 6.45) is 4.39. The monoisotopic (exact) mass is 268 g/mol. The van der Waals surface area contributed by atoms with Crippen LogP contribution in [0.3, 0.4) is 0 Å². The first kappa shape index (κ1) is 13.1. The van der Waals surface area contributed by atoms with Crippen LogP contribution in [-0.4, -0.2) is 26.7 Å². The highest BCUT2D eigenvalue weighted by molar-refractivity contribution is 6.76. The van der Waals surface area contributed by atoms with Crippen molar-refractivity contribution < 1.29 is 4.79 Å². The van der Waals surface area contributed by atoms with Gasteiger partial charge in [0.2, 0.25) is 0 Å². The first-order valence-electron chi connectivity index (χ1n) is 4.73. The molecule has 2 unspecified atom stereocenters. The molecule has 1 rings (SSSR count). The molecule has 0 bridgehead atoms. The second kappa shape index (κ2) is 4.94. The lowest BCUT2D eigenvalue weighted by Gasteiger charge is -2.40. The molecule has 0 aromatic carbocycles. The number of likely N-dealkylation sites (tertiary alicyclic amines) is 1. The van der Waals surface area contributed by atoms with Gasteiger partial charge < -0.3 is 4.90 Å². The third-order valence-electron chi connectivity index (χ3n) is 2.54. The van der Waals surface area contributed by atoms with E-state index >= 15 is 0 Å². The molecule has 1 radical (unpaired) electrons. The van der Waals surface area contributed by atoms with Crippen LogP contribution >= 0.6 is 34.8 Å². The lowest BCUT2D eigenvalue weighted by atomic mass is 9.96. The highest BCUT2D eigenvalue weighted by Crippen LogP contribution is 2.33. The van der Waals surface area contributed by atoms with Crippen molar-refractivity contribution in [2.24, 2.45) is 0 Å². The molecule has 1 saturated heterocycles.